The second-order valence-corrected chi connectivity index (χ2v) is 12.7. The number of nitrogens with zero attached hydrogens (tertiary/aromatic N) is 2. The maximum Gasteiger partial charge on any atom is 0.408 e. The van der Waals surface area contributed by atoms with E-state index in [-0.39, 0.29) is 36.3 Å². The minimum absolute atomic E-state index is 0.108. The van der Waals surface area contributed by atoms with E-state index in [1.807, 2.05) is 77.7 Å². The molecule has 2 heterocycles. The highest BCUT2D eigenvalue weighted by Crippen LogP contribution is 2.29. The molecule has 47 heavy (non-hydrogen) atoms. The van der Waals surface area contributed by atoms with Crippen molar-refractivity contribution in [2.45, 2.75) is 76.2 Å². The Labute approximate surface area is 277 Å². The summed E-state index contributed by atoms with van der Waals surface area (Å²) in [6, 6.07) is 17.2. The van der Waals surface area contributed by atoms with E-state index in [1.165, 1.54) is 5.57 Å². The van der Waals surface area contributed by atoms with Crippen LogP contribution in [0.3, 0.4) is 0 Å². The Bertz CT molecular complexity index is 1450. The van der Waals surface area contributed by atoms with Crippen molar-refractivity contribution in [3.05, 3.63) is 95.6 Å². The molecular weight excluding hydrogens is 594 g/mol. The van der Waals surface area contributed by atoms with Crippen molar-refractivity contribution in [2.75, 3.05) is 26.7 Å². The number of likely N-dealkylation sites (tertiary alicyclic amines) is 2. The quantitative estimate of drug-likeness (QED) is 0.325. The van der Waals surface area contributed by atoms with Gasteiger partial charge >= 0.3 is 6.09 Å². The van der Waals surface area contributed by atoms with Gasteiger partial charge in [-0.2, -0.15) is 0 Å². The Morgan fingerprint density at radius 3 is 2.45 bits per heavy atom. The summed E-state index contributed by atoms with van der Waals surface area (Å²) in [6.07, 6.45) is 9.51. The van der Waals surface area contributed by atoms with Crippen molar-refractivity contribution >= 4 is 23.8 Å². The van der Waals surface area contributed by atoms with Crippen molar-refractivity contribution < 1.29 is 23.9 Å². The molecule has 3 aliphatic rings. The van der Waals surface area contributed by atoms with Crippen LogP contribution in [0.25, 0.3) is 0 Å². The van der Waals surface area contributed by atoms with Gasteiger partial charge in [0.05, 0.1) is 6.04 Å². The molecule has 250 valence electrons. The number of hydrogen-bond acceptors (Lipinski definition) is 6. The molecule has 2 bridgehead atoms. The van der Waals surface area contributed by atoms with Crippen molar-refractivity contribution in [3.63, 3.8) is 0 Å². The Morgan fingerprint density at radius 1 is 1.00 bits per heavy atom. The molecule has 5 atom stereocenters. The van der Waals surface area contributed by atoms with Gasteiger partial charge in [-0.05, 0) is 63.6 Å². The maximum absolute atomic E-state index is 14.2. The van der Waals surface area contributed by atoms with Crippen LogP contribution in [0, 0.1) is 5.92 Å². The minimum atomic E-state index is -0.787. The van der Waals surface area contributed by atoms with Gasteiger partial charge in [0.15, 0.2) is 0 Å². The number of allylic oxidation sites excluding steroid dienone is 2. The van der Waals surface area contributed by atoms with Gasteiger partial charge in [0, 0.05) is 31.6 Å². The number of nitrogens with one attached hydrogen (secondary N) is 3. The number of carbonyl (C=O) groups is 4. The van der Waals surface area contributed by atoms with E-state index in [2.05, 4.69) is 22.0 Å². The van der Waals surface area contributed by atoms with E-state index >= 15 is 0 Å². The summed E-state index contributed by atoms with van der Waals surface area (Å²) in [4.78, 5) is 57.8. The maximum atomic E-state index is 14.2. The fourth-order valence-corrected chi connectivity index (χ4v) is 6.61. The number of hydrogen-bond donors (Lipinski definition) is 3. The van der Waals surface area contributed by atoms with Gasteiger partial charge in [-0.1, -0.05) is 84.5 Å². The average Bonchev–Trinajstić information content (AvgIpc) is 3.57. The topological polar surface area (TPSA) is 120 Å². The van der Waals surface area contributed by atoms with Crippen LogP contribution in [-0.2, 0) is 32.1 Å². The van der Waals surface area contributed by atoms with E-state index in [4.69, 9.17) is 4.74 Å². The summed E-state index contributed by atoms with van der Waals surface area (Å²) >= 11 is 0. The number of rotatable bonds is 12. The summed E-state index contributed by atoms with van der Waals surface area (Å²) in [5.41, 5.74) is 3.18. The minimum Gasteiger partial charge on any atom is -0.445 e. The predicted molar refractivity (Wildman–Crippen MR) is 180 cm³/mol. The smallest absolute Gasteiger partial charge is 0.408 e. The van der Waals surface area contributed by atoms with Crippen LogP contribution in [0.2, 0.25) is 0 Å². The lowest BCUT2D eigenvalue weighted by atomic mass is 9.84. The third-order valence-corrected chi connectivity index (χ3v) is 9.48. The summed E-state index contributed by atoms with van der Waals surface area (Å²) in [5, 5.41) is 8.82. The first-order valence-corrected chi connectivity index (χ1v) is 16.8. The summed E-state index contributed by atoms with van der Waals surface area (Å²) in [5.74, 6) is -0.716. The Kier molecular flexibility index (Phi) is 11.8. The first-order valence-electron chi connectivity index (χ1n) is 16.8. The highest BCUT2D eigenvalue weighted by atomic mass is 16.5. The first kappa shape index (κ1) is 33.9. The van der Waals surface area contributed by atoms with Crippen LogP contribution in [0.1, 0.15) is 50.2 Å². The largest absolute Gasteiger partial charge is 0.445 e. The molecule has 2 aromatic carbocycles. The first-order chi connectivity index (χ1) is 22.8. The number of likely N-dealkylation sites (N-methyl/N-ethyl adjacent to an activating group) is 1. The lowest BCUT2D eigenvalue weighted by molar-refractivity contribution is -0.140. The molecule has 3 N–H and O–H groups in total. The number of fused-ring (bicyclic) bond motifs is 2. The zero-order valence-electron chi connectivity index (χ0n) is 27.4. The molecule has 0 radical (unpaired) electrons. The van der Waals surface area contributed by atoms with E-state index in [9.17, 15) is 19.2 Å². The molecule has 10 nitrogen and oxygen atoms in total. The molecule has 10 heteroatoms. The third-order valence-electron chi connectivity index (χ3n) is 9.48. The number of carbonyl (C=O) groups excluding carboxylic acids is 4. The highest BCUT2D eigenvalue weighted by molar-refractivity contribution is 5.90. The molecule has 0 aromatic heterocycles. The second kappa shape index (κ2) is 16.4. The fourth-order valence-electron chi connectivity index (χ4n) is 6.61. The average molecular weight is 642 g/mol. The molecule has 4 amide bonds. The van der Waals surface area contributed by atoms with Gasteiger partial charge < -0.3 is 30.5 Å². The van der Waals surface area contributed by atoms with E-state index in [0.717, 1.165) is 30.4 Å². The number of alkyl carbamates (subject to hydrolysis) is 1. The Balaban J connectivity index is 1.28. The van der Waals surface area contributed by atoms with Gasteiger partial charge in [0.1, 0.15) is 18.7 Å². The van der Waals surface area contributed by atoms with Gasteiger partial charge in [-0.3, -0.25) is 14.4 Å². The van der Waals surface area contributed by atoms with Crippen LogP contribution in [0.15, 0.2) is 84.5 Å². The van der Waals surface area contributed by atoms with Crippen molar-refractivity contribution in [2.24, 2.45) is 5.92 Å². The molecule has 5 rings (SSSR count). The molecule has 2 saturated heterocycles. The lowest BCUT2D eigenvalue weighted by Gasteiger charge is -2.38. The SMILES string of the molecule is CN[C@@H](C)C(=O)N[C@@H](CCc1ccccc1)C(=O)N1CCC[C@H]1CN1CCC2=CC=CC(C2)[C@@H](NC(=O)OCc2ccccc2)C1=O. The molecule has 0 saturated carbocycles. The molecule has 2 fully saturated rings. The van der Waals surface area contributed by atoms with Gasteiger partial charge in [0.2, 0.25) is 17.7 Å². The molecule has 0 spiro atoms. The van der Waals surface area contributed by atoms with Crippen LogP contribution in [-0.4, -0.2) is 84.5 Å². The summed E-state index contributed by atoms with van der Waals surface area (Å²) < 4.78 is 5.49. The van der Waals surface area contributed by atoms with Gasteiger partial charge in [-0.15, -0.1) is 0 Å². The van der Waals surface area contributed by atoms with Crippen molar-refractivity contribution in [1.82, 2.24) is 25.8 Å². The van der Waals surface area contributed by atoms with Crippen LogP contribution in [0.5, 0.6) is 0 Å². The molecule has 1 unspecified atom stereocenters. The predicted octanol–water partition coefficient (Wildman–Crippen LogP) is 3.73. The molecule has 2 aromatic rings. The van der Waals surface area contributed by atoms with Crippen molar-refractivity contribution in [1.29, 1.82) is 0 Å². The van der Waals surface area contributed by atoms with Gasteiger partial charge in [-0.25, -0.2) is 4.79 Å². The van der Waals surface area contributed by atoms with Crippen LogP contribution < -0.4 is 16.0 Å². The monoisotopic (exact) mass is 641 g/mol. The number of benzene rings is 2. The number of aryl methyl sites for hydroxylation is 1. The lowest BCUT2D eigenvalue weighted by Crippen LogP contribution is -2.57. The second-order valence-electron chi connectivity index (χ2n) is 12.7. The van der Waals surface area contributed by atoms with E-state index in [0.29, 0.717) is 38.9 Å². The fraction of sp³-hybridized carbons (Fsp3) is 0.459. The van der Waals surface area contributed by atoms with Crippen LogP contribution >= 0.6 is 0 Å². The summed E-state index contributed by atoms with van der Waals surface area (Å²) in [6.45, 7) is 3.29. The van der Waals surface area contributed by atoms with E-state index in [1.54, 1.807) is 18.9 Å². The Hall–Kier alpha value is -4.44. The van der Waals surface area contributed by atoms with Gasteiger partial charge in [0.25, 0.3) is 0 Å². The normalized spacial score (nSPS) is 22.0. The molecular formula is C37H47N5O5. The standard InChI is InChI=1S/C37H47N5O5/c1-26(38-2)34(43)39-32(19-18-27-11-5-3-6-12-27)35(44)42-21-10-17-31(42)24-41-22-20-28-15-9-16-30(23-28)33(36(41)45)40-37(46)47-25-29-13-7-4-8-14-29/h3-9,11-16,26,30-33,38H,10,17-25H2,1-2H3,(H,39,43)(H,40,46)/t26-,30?,31-,32-,33+/m0/s1. The molecule has 2 aliphatic heterocycles. The number of amides is 4. The summed E-state index contributed by atoms with van der Waals surface area (Å²) in [7, 11) is 1.72. The Morgan fingerprint density at radius 2 is 1.72 bits per heavy atom. The third kappa shape index (κ3) is 9.10. The zero-order valence-corrected chi connectivity index (χ0v) is 27.4. The van der Waals surface area contributed by atoms with Crippen LogP contribution in [0.4, 0.5) is 4.79 Å². The molecule has 1 aliphatic carbocycles. The van der Waals surface area contributed by atoms with E-state index < -0.39 is 24.2 Å². The highest BCUT2D eigenvalue weighted by Gasteiger charge is 2.39. The number of ether oxygens (including phenoxy) is 1. The zero-order chi connectivity index (χ0) is 33.2. The van der Waals surface area contributed by atoms with Crippen molar-refractivity contribution in [3.8, 4) is 0 Å².